The predicted molar refractivity (Wildman–Crippen MR) is 147 cm³/mol. The van der Waals surface area contributed by atoms with Crippen LogP contribution in [0.15, 0.2) is 24.5 Å². The Hall–Kier alpha value is -2.06. The van der Waals surface area contributed by atoms with E-state index in [-0.39, 0.29) is 19.1 Å². The fourth-order valence-corrected chi connectivity index (χ4v) is 11.9. The quantitative estimate of drug-likeness (QED) is 0.346. The summed E-state index contributed by atoms with van der Waals surface area (Å²) in [5.74, 6) is -4.78. The number of hydrogen-bond acceptors (Lipinski definition) is 12. The molecule has 3 saturated carbocycles. The minimum Gasteiger partial charge on any atom is -0.469 e. The lowest BCUT2D eigenvalue weighted by Gasteiger charge is -2.64. The van der Waals surface area contributed by atoms with Crippen LogP contribution in [0.25, 0.3) is 0 Å². The van der Waals surface area contributed by atoms with Gasteiger partial charge in [-0.15, -0.1) is 0 Å². The molecule has 0 aromatic heterocycles. The van der Waals surface area contributed by atoms with Crippen LogP contribution in [-0.2, 0) is 47.5 Å². The molecule has 5 heterocycles. The molecule has 8 rings (SSSR count). The van der Waals surface area contributed by atoms with E-state index >= 15 is 0 Å². The van der Waals surface area contributed by atoms with Gasteiger partial charge >= 0.3 is 11.9 Å². The van der Waals surface area contributed by atoms with Gasteiger partial charge in [0.15, 0.2) is 5.60 Å². The van der Waals surface area contributed by atoms with Gasteiger partial charge in [-0.1, -0.05) is 20.4 Å². The molecule has 0 amide bonds. The Balaban J connectivity index is 1.34. The summed E-state index contributed by atoms with van der Waals surface area (Å²) in [7, 11) is 2.70. The Labute approximate surface area is 255 Å². The van der Waals surface area contributed by atoms with Gasteiger partial charge in [0.05, 0.1) is 44.9 Å². The Morgan fingerprint density at radius 3 is 2.55 bits per heavy atom. The molecule has 44 heavy (non-hydrogen) atoms. The predicted octanol–water partition coefficient (Wildman–Crippen LogP) is 1.37. The van der Waals surface area contributed by atoms with Crippen LogP contribution in [0.5, 0.6) is 0 Å². The van der Waals surface area contributed by atoms with Crippen molar-refractivity contribution in [3.8, 4) is 0 Å². The monoisotopic (exact) mass is 618 g/mol. The summed E-state index contributed by atoms with van der Waals surface area (Å²) in [4.78, 5) is 26.7. The van der Waals surface area contributed by atoms with Crippen molar-refractivity contribution in [1.29, 1.82) is 0 Å². The van der Waals surface area contributed by atoms with Crippen molar-refractivity contribution in [3.63, 3.8) is 0 Å². The number of carbonyl (C=O) groups is 2. The first-order valence-electron chi connectivity index (χ1n) is 15.5. The molecule has 0 aromatic rings. The first-order chi connectivity index (χ1) is 20.7. The summed E-state index contributed by atoms with van der Waals surface area (Å²) in [6, 6.07) is 0. The maximum atomic E-state index is 13.9. The van der Waals surface area contributed by atoms with E-state index in [2.05, 4.69) is 13.5 Å². The SMILES string of the molecule is C=C(C)C(=O)O[C@H]1CC[C@]23CO[C@](OC)(C(=O)OC)[C@H]2[C@]2(C)[C@H](O[C@]4(C)[C@H]5C[C@H](O[C@@H]6OC=C[C@@]65O)[C@]24O)[C@H]2OC[C@]1(C)[C@@H]23. The van der Waals surface area contributed by atoms with Crippen molar-refractivity contribution in [2.75, 3.05) is 27.4 Å². The second kappa shape index (κ2) is 8.44. The molecule has 5 aliphatic heterocycles. The Morgan fingerprint density at radius 2 is 1.86 bits per heavy atom. The second-order valence-electron chi connectivity index (χ2n) is 15.1. The van der Waals surface area contributed by atoms with Crippen LogP contribution < -0.4 is 0 Å². The first kappa shape index (κ1) is 29.3. The van der Waals surface area contributed by atoms with Crippen LogP contribution in [0.3, 0.4) is 0 Å². The van der Waals surface area contributed by atoms with Gasteiger partial charge in [-0.05, 0) is 39.2 Å². The van der Waals surface area contributed by atoms with Gasteiger partial charge < -0.3 is 48.1 Å². The van der Waals surface area contributed by atoms with Crippen molar-refractivity contribution in [3.05, 3.63) is 24.5 Å². The molecule has 12 heteroatoms. The van der Waals surface area contributed by atoms with E-state index in [1.165, 1.54) is 20.5 Å². The average molecular weight is 619 g/mol. The molecule has 15 atom stereocenters. The highest BCUT2D eigenvalue weighted by Gasteiger charge is 2.92. The maximum Gasteiger partial charge on any atom is 0.366 e. The lowest BCUT2D eigenvalue weighted by molar-refractivity contribution is -0.309. The lowest BCUT2D eigenvalue weighted by Crippen LogP contribution is -2.76. The highest BCUT2D eigenvalue weighted by Crippen LogP contribution is 2.80. The molecule has 12 nitrogen and oxygen atoms in total. The summed E-state index contributed by atoms with van der Waals surface area (Å²) in [5.41, 5.74) is -7.05. The zero-order chi connectivity index (χ0) is 31.5. The molecular formula is C32H42O12. The van der Waals surface area contributed by atoms with Gasteiger partial charge in [-0.3, -0.25) is 0 Å². The number of aliphatic hydroxyl groups is 2. The largest absolute Gasteiger partial charge is 0.469 e. The zero-order valence-electron chi connectivity index (χ0n) is 26.0. The highest BCUT2D eigenvalue weighted by atomic mass is 16.7. The van der Waals surface area contributed by atoms with Gasteiger partial charge in [0.2, 0.25) is 6.29 Å². The summed E-state index contributed by atoms with van der Waals surface area (Å²) in [5, 5.41) is 25.3. The minimum atomic E-state index is -1.89. The molecule has 3 aliphatic carbocycles. The van der Waals surface area contributed by atoms with Crippen molar-refractivity contribution >= 4 is 11.9 Å². The van der Waals surface area contributed by atoms with E-state index < -0.39 is 93.3 Å². The smallest absolute Gasteiger partial charge is 0.366 e. The molecule has 0 unspecified atom stereocenters. The van der Waals surface area contributed by atoms with E-state index in [0.29, 0.717) is 24.8 Å². The number of rotatable bonds is 4. The Morgan fingerprint density at radius 1 is 1.11 bits per heavy atom. The zero-order valence-corrected chi connectivity index (χ0v) is 26.0. The molecule has 2 N–H and O–H groups in total. The van der Waals surface area contributed by atoms with Crippen LogP contribution in [0.1, 0.15) is 47.0 Å². The third kappa shape index (κ3) is 2.77. The van der Waals surface area contributed by atoms with Crippen LogP contribution in [0, 0.1) is 34.0 Å². The first-order valence-corrected chi connectivity index (χ1v) is 15.5. The summed E-state index contributed by atoms with van der Waals surface area (Å²) < 4.78 is 49.9. The summed E-state index contributed by atoms with van der Waals surface area (Å²) in [6.07, 6.45) is 0.634. The normalized spacial score (nSPS) is 58.7. The van der Waals surface area contributed by atoms with E-state index in [1.807, 2.05) is 13.8 Å². The van der Waals surface area contributed by atoms with Crippen molar-refractivity contribution in [2.45, 2.75) is 100 Å². The Kier molecular flexibility index (Phi) is 5.63. The summed E-state index contributed by atoms with van der Waals surface area (Å²) in [6.45, 7) is 11.6. The number of fused-ring (bicyclic) bond motifs is 11. The standard InChI is InChI=1S/C32H42O12/c1-15(2)22(33)42-17-8-9-29-14-41-31(38-7,24(34)37-6)23(29)27(4)21(19-20(29)26(17,3)13-40-19)44-28(5)16-12-18(32(27,28)36)43-25-30(16,35)10-11-39-25/h10-11,16-21,23,25,35-36H,1,8-9,12-14H2,2-7H3/t16-,17+,18+,19+,20-,21-,23+,25+,26+,27+,28-,29-,30+,31+,32+/m1/s1. The molecule has 0 aromatic carbocycles. The molecule has 7 fully saturated rings. The molecule has 2 bridgehead atoms. The van der Waals surface area contributed by atoms with Crippen LogP contribution >= 0.6 is 0 Å². The third-order valence-electron chi connectivity index (χ3n) is 13.5. The lowest BCUT2D eigenvalue weighted by atomic mass is 9.38. The number of esters is 2. The fraction of sp³-hybridized carbons (Fsp3) is 0.812. The topological polar surface area (TPSA) is 148 Å². The van der Waals surface area contributed by atoms with Gasteiger partial charge in [0, 0.05) is 46.7 Å². The number of methoxy groups -OCH3 is 2. The molecule has 242 valence electrons. The maximum absolute atomic E-state index is 13.9. The molecule has 0 radical (unpaired) electrons. The molecule has 8 aliphatic rings. The van der Waals surface area contributed by atoms with E-state index in [1.54, 1.807) is 13.0 Å². The van der Waals surface area contributed by atoms with Gasteiger partial charge in [-0.2, -0.15) is 0 Å². The number of carbonyl (C=O) groups excluding carboxylic acids is 2. The molecule has 1 spiro atoms. The van der Waals surface area contributed by atoms with Crippen LogP contribution in [0.2, 0.25) is 0 Å². The molecular weight excluding hydrogens is 576 g/mol. The van der Waals surface area contributed by atoms with Crippen molar-refractivity contribution in [2.24, 2.45) is 34.0 Å². The third-order valence-corrected chi connectivity index (χ3v) is 13.5. The van der Waals surface area contributed by atoms with Crippen LogP contribution in [-0.4, -0.2) is 103 Å². The van der Waals surface area contributed by atoms with Crippen molar-refractivity contribution < 1.29 is 57.7 Å². The van der Waals surface area contributed by atoms with Gasteiger partial charge in [-0.25, -0.2) is 9.59 Å². The molecule has 4 saturated heterocycles. The fourth-order valence-electron chi connectivity index (χ4n) is 11.9. The minimum absolute atomic E-state index is 0.129. The summed E-state index contributed by atoms with van der Waals surface area (Å²) >= 11 is 0. The van der Waals surface area contributed by atoms with E-state index in [0.717, 1.165) is 0 Å². The Bertz CT molecular complexity index is 1380. The van der Waals surface area contributed by atoms with E-state index in [9.17, 15) is 19.8 Å². The second-order valence-corrected chi connectivity index (χ2v) is 15.1. The number of hydrogen-bond donors (Lipinski definition) is 2. The van der Waals surface area contributed by atoms with Crippen LogP contribution in [0.4, 0.5) is 0 Å². The van der Waals surface area contributed by atoms with Crippen molar-refractivity contribution in [1.82, 2.24) is 0 Å². The van der Waals surface area contributed by atoms with Gasteiger partial charge in [0.1, 0.15) is 17.3 Å². The number of ether oxygens (including phenoxy) is 8. The highest BCUT2D eigenvalue weighted by molar-refractivity contribution is 5.87. The van der Waals surface area contributed by atoms with Gasteiger partial charge in [0.25, 0.3) is 5.79 Å². The average Bonchev–Trinajstić information content (AvgIpc) is 3.74. The van der Waals surface area contributed by atoms with E-state index in [4.69, 9.17) is 37.9 Å².